The third-order valence-electron chi connectivity index (χ3n) is 3.01. The second-order valence-electron chi connectivity index (χ2n) is 5.20. The van der Waals surface area contributed by atoms with Crippen molar-refractivity contribution in [1.29, 1.82) is 5.26 Å². The number of thiazole rings is 1. The third kappa shape index (κ3) is 3.75. The molecule has 2 aromatic rings. The molecular weight excluding hydrogens is 334 g/mol. The van der Waals surface area contributed by atoms with Crippen molar-refractivity contribution in [2.24, 2.45) is 0 Å². The van der Waals surface area contributed by atoms with Crippen molar-refractivity contribution in [3.63, 3.8) is 0 Å². The summed E-state index contributed by atoms with van der Waals surface area (Å²) in [4.78, 5) is 16.7. The van der Waals surface area contributed by atoms with Crippen molar-refractivity contribution in [1.82, 2.24) is 9.71 Å². The maximum absolute atomic E-state index is 12.3. The lowest BCUT2D eigenvalue weighted by Crippen LogP contribution is -2.30. The average Bonchev–Trinajstić information content (AvgIpc) is 2.89. The molecule has 1 amide bonds. The molecule has 6 nitrogen and oxygen atoms in total. The second kappa shape index (κ2) is 6.48. The average molecular weight is 349 g/mol. The van der Waals surface area contributed by atoms with Crippen molar-refractivity contribution in [3.05, 3.63) is 45.4 Å². The zero-order valence-electron chi connectivity index (χ0n) is 12.8. The van der Waals surface area contributed by atoms with Crippen molar-refractivity contribution in [2.45, 2.75) is 31.6 Å². The molecular formula is C15H15N3O3S2. The molecule has 23 heavy (non-hydrogen) atoms. The fourth-order valence-electron chi connectivity index (χ4n) is 1.84. The van der Waals surface area contributed by atoms with E-state index in [1.807, 2.05) is 24.6 Å². The first-order valence-electron chi connectivity index (χ1n) is 6.79. The molecule has 0 saturated heterocycles. The molecule has 1 aromatic carbocycles. The Hall–Kier alpha value is -2.24. The van der Waals surface area contributed by atoms with Gasteiger partial charge in [0.1, 0.15) is 4.88 Å². The van der Waals surface area contributed by atoms with Crippen molar-refractivity contribution in [2.75, 3.05) is 0 Å². The van der Waals surface area contributed by atoms with Gasteiger partial charge in [-0.3, -0.25) is 4.79 Å². The molecule has 120 valence electrons. The monoisotopic (exact) mass is 349 g/mol. The van der Waals surface area contributed by atoms with Crippen LogP contribution in [0.25, 0.3) is 0 Å². The van der Waals surface area contributed by atoms with Crippen molar-refractivity contribution >= 4 is 27.3 Å². The van der Waals surface area contributed by atoms with Gasteiger partial charge in [-0.15, -0.1) is 11.3 Å². The number of nitriles is 1. The van der Waals surface area contributed by atoms with E-state index in [9.17, 15) is 13.2 Å². The molecule has 1 N–H and O–H groups in total. The molecule has 0 aliphatic carbocycles. The Bertz CT molecular complexity index is 893. The number of aromatic nitrogens is 1. The van der Waals surface area contributed by atoms with Gasteiger partial charge in [0.15, 0.2) is 0 Å². The van der Waals surface area contributed by atoms with Crippen LogP contribution in [0.4, 0.5) is 0 Å². The first-order chi connectivity index (χ1) is 10.7. The van der Waals surface area contributed by atoms with Gasteiger partial charge in [0, 0.05) is 5.92 Å². The number of carbonyl (C=O) groups is 1. The molecule has 0 radical (unpaired) electrons. The highest BCUT2D eigenvalue weighted by Crippen LogP contribution is 2.25. The Morgan fingerprint density at radius 3 is 2.65 bits per heavy atom. The summed E-state index contributed by atoms with van der Waals surface area (Å²) >= 11 is 1.18. The van der Waals surface area contributed by atoms with E-state index < -0.39 is 15.9 Å². The molecule has 0 fully saturated rings. The van der Waals surface area contributed by atoms with E-state index in [-0.39, 0.29) is 21.3 Å². The number of aryl methyl sites for hydroxylation is 1. The van der Waals surface area contributed by atoms with Crippen LogP contribution in [0.1, 0.15) is 45.7 Å². The molecule has 0 spiro atoms. The fourth-order valence-corrected chi connectivity index (χ4v) is 3.87. The molecule has 0 unspecified atom stereocenters. The van der Waals surface area contributed by atoms with Crippen LogP contribution in [0.3, 0.4) is 0 Å². The summed E-state index contributed by atoms with van der Waals surface area (Å²) in [5.74, 6) is -0.557. The summed E-state index contributed by atoms with van der Waals surface area (Å²) in [6.07, 6.45) is 0. The molecule has 1 heterocycles. The standard InChI is InChI=1S/C15H15N3O3S2/c1-9(2)15-17-10(3)13(22-15)14(19)18-23(20,21)12-6-4-5-11(7-12)8-16/h4-7,9H,1-3H3,(H,18,19). The largest absolute Gasteiger partial charge is 0.276 e. The first-order valence-corrected chi connectivity index (χ1v) is 9.09. The normalized spacial score (nSPS) is 11.3. The number of hydrogen-bond acceptors (Lipinski definition) is 6. The number of amides is 1. The zero-order valence-corrected chi connectivity index (χ0v) is 14.5. The maximum atomic E-state index is 12.3. The van der Waals surface area contributed by atoms with E-state index >= 15 is 0 Å². The molecule has 0 bridgehead atoms. The molecule has 0 aliphatic heterocycles. The van der Waals surface area contributed by atoms with E-state index in [0.29, 0.717) is 5.69 Å². The lowest BCUT2D eigenvalue weighted by molar-refractivity contribution is 0.0984. The van der Waals surface area contributed by atoms with Crippen molar-refractivity contribution in [3.8, 4) is 6.07 Å². The highest BCUT2D eigenvalue weighted by Gasteiger charge is 2.23. The Morgan fingerprint density at radius 2 is 2.09 bits per heavy atom. The smallest absolute Gasteiger partial charge is 0.267 e. The molecule has 2 rings (SSSR count). The van der Waals surface area contributed by atoms with Gasteiger partial charge >= 0.3 is 0 Å². The van der Waals surface area contributed by atoms with Gasteiger partial charge in [-0.1, -0.05) is 19.9 Å². The number of nitrogens with zero attached hydrogens (tertiary/aromatic N) is 2. The van der Waals surface area contributed by atoms with Gasteiger partial charge in [0.25, 0.3) is 15.9 Å². The quantitative estimate of drug-likeness (QED) is 0.914. The molecule has 0 aliphatic rings. The van der Waals surface area contributed by atoms with E-state index in [0.717, 1.165) is 5.01 Å². The third-order valence-corrected chi connectivity index (χ3v) is 5.80. The van der Waals surface area contributed by atoms with Crippen molar-refractivity contribution < 1.29 is 13.2 Å². The number of rotatable bonds is 4. The van der Waals surface area contributed by atoms with Crippen LogP contribution in [-0.4, -0.2) is 19.3 Å². The molecule has 8 heteroatoms. The second-order valence-corrected chi connectivity index (χ2v) is 7.91. The Morgan fingerprint density at radius 1 is 1.39 bits per heavy atom. The molecule has 0 atom stereocenters. The minimum Gasteiger partial charge on any atom is -0.267 e. The predicted octanol–water partition coefficient (Wildman–Crippen LogP) is 2.57. The Kier molecular flexibility index (Phi) is 4.82. The highest BCUT2D eigenvalue weighted by molar-refractivity contribution is 7.90. The summed E-state index contributed by atoms with van der Waals surface area (Å²) in [6.45, 7) is 5.56. The summed E-state index contributed by atoms with van der Waals surface area (Å²) in [6, 6.07) is 7.35. The van der Waals surface area contributed by atoms with E-state index in [4.69, 9.17) is 5.26 Å². The van der Waals surface area contributed by atoms with Gasteiger partial charge in [-0.05, 0) is 25.1 Å². The van der Waals surface area contributed by atoms with Gasteiger partial charge in [0.05, 0.1) is 27.2 Å². The molecule has 0 saturated carbocycles. The van der Waals surface area contributed by atoms with Gasteiger partial charge in [-0.25, -0.2) is 18.1 Å². The Balaban J connectivity index is 2.30. The van der Waals surface area contributed by atoms with Crippen LogP contribution >= 0.6 is 11.3 Å². The highest BCUT2D eigenvalue weighted by atomic mass is 32.2. The predicted molar refractivity (Wildman–Crippen MR) is 86.7 cm³/mol. The number of sulfonamides is 1. The van der Waals surface area contributed by atoms with Crippen LogP contribution in [0.2, 0.25) is 0 Å². The van der Waals surface area contributed by atoms with Crippen LogP contribution < -0.4 is 4.72 Å². The number of carbonyl (C=O) groups excluding carboxylic acids is 1. The van der Waals surface area contributed by atoms with Crippen LogP contribution in [0.5, 0.6) is 0 Å². The minimum atomic E-state index is -4.04. The van der Waals surface area contributed by atoms with E-state index in [2.05, 4.69) is 4.98 Å². The topological polar surface area (TPSA) is 99.9 Å². The minimum absolute atomic E-state index is 0.129. The summed E-state index contributed by atoms with van der Waals surface area (Å²) in [5, 5.41) is 9.61. The maximum Gasteiger partial charge on any atom is 0.276 e. The lowest BCUT2D eigenvalue weighted by atomic mass is 10.2. The van der Waals surface area contributed by atoms with E-state index in [1.165, 1.54) is 35.6 Å². The SMILES string of the molecule is Cc1nc(C(C)C)sc1C(=O)NS(=O)(=O)c1cccc(C#N)c1. The first kappa shape index (κ1) is 17.1. The summed E-state index contributed by atoms with van der Waals surface area (Å²) < 4.78 is 26.6. The zero-order chi connectivity index (χ0) is 17.2. The number of nitrogens with one attached hydrogen (secondary N) is 1. The van der Waals surface area contributed by atoms with Crippen LogP contribution in [0, 0.1) is 18.3 Å². The van der Waals surface area contributed by atoms with Gasteiger partial charge in [-0.2, -0.15) is 5.26 Å². The Labute approximate surface area is 138 Å². The lowest BCUT2D eigenvalue weighted by Gasteiger charge is -2.06. The number of hydrogen-bond donors (Lipinski definition) is 1. The number of benzene rings is 1. The molecule has 1 aromatic heterocycles. The summed E-state index contributed by atoms with van der Waals surface area (Å²) in [5.41, 5.74) is 0.702. The van der Waals surface area contributed by atoms with Gasteiger partial charge < -0.3 is 0 Å². The fraction of sp³-hybridized carbons (Fsp3) is 0.267. The summed E-state index contributed by atoms with van der Waals surface area (Å²) in [7, 11) is -4.04. The van der Waals surface area contributed by atoms with E-state index in [1.54, 1.807) is 6.92 Å². The van der Waals surface area contributed by atoms with Gasteiger partial charge in [0.2, 0.25) is 0 Å². The van der Waals surface area contributed by atoms with Crippen LogP contribution in [-0.2, 0) is 10.0 Å². The van der Waals surface area contributed by atoms with Crippen LogP contribution in [0.15, 0.2) is 29.2 Å².